The van der Waals surface area contributed by atoms with E-state index in [9.17, 15) is 9.59 Å². The quantitative estimate of drug-likeness (QED) is 0.777. The Bertz CT molecular complexity index is 589. The number of halogens is 1. The molecule has 0 atom stereocenters. The van der Waals surface area contributed by atoms with Gasteiger partial charge in [-0.05, 0) is 12.8 Å². The van der Waals surface area contributed by atoms with Crippen LogP contribution in [0.5, 0.6) is 5.75 Å². The smallest absolute Gasteiger partial charge is 0.407 e. The number of likely N-dealkylation sites (tertiary alicyclic amines) is 1. The maximum Gasteiger partial charge on any atom is 0.407 e. The Morgan fingerprint density at radius 2 is 2.10 bits per heavy atom. The molecule has 1 N–H and O–H groups in total. The fraction of sp³-hybridized carbons (Fsp3) is 0.500. The van der Waals surface area contributed by atoms with Gasteiger partial charge in [0.15, 0.2) is 23.3 Å². The van der Waals surface area contributed by atoms with Crippen molar-refractivity contribution >= 4 is 29.4 Å². The minimum absolute atomic E-state index is 0.110. The third-order valence-electron chi connectivity index (χ3n) is 3.68. The maximum absolute atomic E-state index is 12.2. The third-order valence-corrected chi connectivity index (χ3v) is 3.95. The lowest BCUT2D eigenvalue weighted by Crippen LogP contribution is -2.51. The Morgan fingerprint density at radius 3 is 2.76 bits per heavy atom. The molecule has 0 unspecified atom stereocenters. The van der Waals surface area contributed by atoms with E-state index in [0.717, 1.165) is 0 Å². The molecule has 2 aliphatic rings. The van der Waals surface area contributed by atoms with Gasteiger partial charge in [0.1, 0.15) is 6.33 Å². The van der Waals surface area contributed by atoms with Gasteiger partial charge in [0.2, 0.25) is 0 Å². The molecule has 2 aliphatic heterocycles. The number of piperidine rings is 1. The third kappa shape index (κ3) is 2.46. The van der Waals surface area contributed by atoms with Crippen LogP contribution >= 0.6 is 11.6 Å². The molecule has 112 valence electrons. The molecular weight excluding hydrogens is 300 g/mol. The molecule has 1 aromatic heterocycles. The van der Waals surface area contributed by atoms with Gasteiger partial charge in [0.05, 0.1) is 0 Å². The Morgan fingerprint density at radius 1 is 1.38 bits per heavy atom. The second-order valence-electron chi connectivity index (χ2n) is 4.87. The monoisotopic (exact) mass is 312 g/mol. The molecule has 3 rings (SSSR count). The summed E-state index contributed by atoms with van der Waals surface area (Å²) in [7, 11) is 0. The molecule has 1 saturated heterocycles. The van der Waals surface area contributed by atoms with E-state index in [1.54, 1.807) is 4.90 Å². The summed E-state index contributed by atoms with van der Waals surface area (Å²) in [5, 5.41) is 9.14. The molecule has 0 spiro atoms. The van der Waals surface area contributed by atoms with Crippen molar-refractivity contribution < 1.29 is 19.4 Å². The number of carbonyl (C=O) groups is 2. The molecular formula is C12H13ClN4O4. The van der Waals surface area contributed by atoms with Crippen molar-refractivity contribution in [2.45, 2.75) is 18.9 Å². The fourth-order valence-corrected chi connectivity index (χ4v) is 2.84. The van der Waals surface area contributed by atoms with Crippen LogP contribution in [0.3, 0.4) is 0 Å². The molecule has 1 fully saturated rings. The van der Waals surface area contributed by atoms with Gasteiger partial charge in [-0.3, -0.25) is 9.69 Å². The van der Waals surface area contributed by atoms with E-state index < -0.39 is 6.09 Å². The van der Waals surface area contributed by atoms with E-state index in [0.29, 0.717) is 37.5 Å². The zero-order valence-corrected chi connectivity index (χ0v) is 11.8. The molecule has 0 bridgehead atoms. The first kappa shape index (κ1) is 13.9. The topological polar surface area (TPSA) is 95.9 Å². The standard InChI is InChI=1S/C12H13ClN4O4/c13-10-9-11(15-6-14-10)17(8(18)5-21-9)7-1-3-16(4-2-7)12(19)20/h6-7H,1-5H2,(H,19,20). The molecule has 0 aliphatic carbocycles. The predicted octanol–water partition coefficient (Wildman–Crippen LogP) is 0.998. The van der Waals surface area contributed by atoms with Crippen LogP contribution in [0.25, 0.3) is 0 Å². The lowest BCUT2D eigenvalue weighted by atomic mass is 10.0. The van der Waals surface area contributed by atoms with E-state index in [4.69, 9.17) is 21.4 Å². The van der Waals surface area contributed by atoms with Crippen molar-refractivity contribution in [3.05, 3.63) is 11.5 Å². The molecule has 0 radical (unpaired) electrons. The first-order chi connectivity index (χ1) is 10.1. The van der Waals surface area contributed by atoms with Crippen LogP contribution in [0.4, 0.5) is 10.6 Å². The number of nitrogens with zero attached hydrogens (tertiary/aromatic N) is 4. The predicted molar refractivity (Wildman–Crippen MR) is 72.6 cm³/mol. The highest BCUT2D eigenvalue weighted by Gasteiger charge is 2.36. The minimum Gasteiger partial charge on any atom is -0.477 e. The molecule has 21 heavy (non-hydrogen) atoms. The fourth-order valence-electron chi connectivity index (χ4n) is 2.65. The van der Waals surface area contributed by atoms with Crippen molar-refractivity contribution in [2.24, 2.45) is 0 Å². The summed E-state index contributed by atoms with van der Waals surface area (Å²) in [6.45, 7) is 0.664. The summed E-state index contributed by atoms with van der Waals surface area (Å²) in [6, 6.07) is -0.110. The summed E-state index contributed by atoms with van der Waals surface area (Å²) < 4.78 is 5.29. The first-order valence-corrected chi connectivity index (χ1v) is 6.89. The van der Waals surface area contributed by atoms with Crippen LogP contribution in [0.15, 0.2) is 6.33 Å². The zero-order valence-electron chi connectivity index (χ0n) is 11.0. The lowest BCUT2D eigenvalue weighted by Gasteiger charge is -2.39. The molecule has 8 nitrogen and oxygen atoms in total. The van der Waals surface area contributed by atoms with Gasteiger partial charge in [0.25, 0.3) is 5.91 Å². The van der Waals surface area contributed by atoms with Gasteiger partial charge in [-0.15, -0.1) is 0 Å². The number of anilines is 1. The number of carbonyl (C=O) groups excluding carboxylic acids is 1. The van der Waals surface area contributed by atoms with Crippen LogP contribution in [0, 0.1) is 0 Å². The highest BCUT2D eigenvalue weighted by Crippen LogP contribution is 2.37. The maximum atomic E-state index is 12.2. The molecule has 2 amide bonds. The highest BCUT2D eigenvalue weighted by molar-refractivity contribution is 6.31. The van der Waals surface area contributed by atoms with Gasteiger partial charge < -0.3 is 14.7 Å². The Kier molecular flexibility index (Phi) is 3.54. The van der Waals surface area contributed by atoms with Crippen molar-refractivity contribution in [3.8, 4) is 5.75 Å². The van der Waals surface area contributed by atoms with Gasteiger partial charge >= 0.3 is 6.09 Å². The Labute approximate surface area is 125 Å². The molecule has 0 saturated carbocycles. The van der Waals surface area contributed by atoms with E-state index in [2.05, 4.69) is 9.97 Å². The summed E-state index contributed by atoms with van der Waals surface area (Å²) >= 11 is 5.96. The van der Waals surface area contributed by atoms with E-state index in [1.165, 1.54) is 11.2 Å². The molecule has 3 heterocycles. The number of fused-ring (bicyclic) bond motifs is 1. The average Bonchev–Trinajstić information content (AvgIpc) is 2.47. The largest absolute Gasteiger partial charge is 0.477 e. The van der Waals surface area contributed by atoms with Crippen molar-refractivity contribution in [1.82, 2.24) is 14.9 Å². The second kappa shape index (κ2) is 5.36. The van der Waals surface area contributed by atoms with Gasteiger partial charge in [-0.2, -0.15) is 0 Å². The van der Waals surface area contributed by atoms with Crippen LogP contribution < -0.4 is 9.64 Å². The number of aromatic nitrogens is 2. The Balaban J connectivity index is 1.85. The number of rotatable bonds is 1. The molecule has 0 aromatic carbocycles. The lowest BCUT2D eigenvalue weighted by molar-refractivity contribution is -0.122. The normalized spacial score (nSPS) is 19.2. The summed E-state index contributed by atoms with van der Waals surface area (Å²) in [5.74, 6) is 0.463. The number of amides is 2. The summed E-state index contributed by atoms with van der Waals surface area (Å²) in [5.41, 5.74) is 0. The average molecular weight is 313 g/mol. The van der Waals surface area contributed by atoms with Crippen LogP contribution in [-0.4, -0.2) is 57.7 Å². The van der Waals surface area contributed by atoms with Crippen molar-refractivity contribution in [1.29, 1.82) is 0 Å². The van der Waals surface area contributed by atoms with Crippen LogP contribution in [0.1, 0.15) is 12.8 Å². The van der Waals surface area contributed by atoms with Crippen LogP contribution in [-0.2, 0) is 4.79 Å². The summed E-state index contributed by atoms with van der Waals surface area (Å²) in [4.78, 5) is 33.9. The number of hydrogen-bond donors (Lipinski definition) is 1. The van der Waals surface area contributed by atoms with E-state index in [-0.39, 0.29) is 23.7 Å². The first-order valence-electron chi connectivity index (χ1n) is 6.51. The van der Waals surface area contributed by atoms with E-state index in [1.807, 2.05) is 0 Å². The number of ether oxygens (including phenoxy) is 1. The number of hydrogen-bond acceptors (Lipinski definition) is 5. The highest BCUT2D eigenvalue weighted by atomic mass is 35.5. The van der Waals surface area contributed by atoms with Crippen molar-refractivity contribution in [2.75, 3.05) is 24.6 Å². The van der Waals surface area contributed by atoms with Crippen molar-refractivity contribution in [3.63, 3.8) is 0 Å². The van der Waals surface area contributed by atoms with Gasteiger partial charge in [-0.1, -0.05) is 11.6 Å². The van der Waals surface area contributed by atoms with E-state index >= 15 is 0 Å². The van der Waals surface area contributed by atoms with Crippen LogP contribution in [0.2, 0.25) is 5.15 Å². The number of carboxylic acid groups (broad SMARTS) is 1. The van der Waals surface area contributed by atoms with Gasteiger partial charge in [0, 0.05) is 19.1 Å². The SMILES string of the molecule is O=C(O)N1CCC(N2C(=O)COc3c(Cl)ncnc32)CC1. The minimum atomic E-state index is -0.937. The zero-order chi connectivity index (χ0) is 15.0. The molecule has 9 heteroatoms. The summed E-state index contributed by atoms with van der Waals surface area (Å²) in [6.07, 6.45) is 1.45. The van der Waals surface area contributed by atoms with Gasteiger partial charge in [-0.25, -0.2) is 14.8 Å². The Hall–Kier alpha value is -2.09. The second-order valence-corrected chi connectivity index (χ2v) is 5.23. The molecule has 1 aromatic rings.